The Morgan fingerprint density at radius 1 is 1.28 bits per heavy atom. The average molecular weight is 424 g/mol. The lowest BCUT2D eigenvalue weighted by Crippen LogP contribution is -2.82. The van der Waals surface area contributed by atoms with Crippen molar-refractivity contribution in [2.75, 3.05) is 33.6 Å². The number of aliphatic carboxylic acids is 1. The molecule has 0 saturated carbocycles. The Hall–Kier alpha value is -2.46. The van der Waals surface area contributed by atoms with Crippen LogP contribution >= 0.6 is 11.8 Å². The largest absolute Gasteiger partial charge is 0.496 e. The molecule has 3 atom stereocenters. The second-order valence-electron chi connectivity index (χ2n) is 7.27. The minimum Gasteiger partial charge on any atom is -0.496 e. The molecule has 2 fully saturated rings. The third-order valence-corrected chi connectivity index (χ3v) is 7.03. The molecule has 0 aromatic heterocycles. The number of hydrogen-bond acceptors (Lipinski definition) is 7. The van der Waals surface area contributed by atoms with E-state index in [4.69, 9.17) is 14.2 Å². The molecule has 29 heavy (non-hydrogen) atoms. The fraction of sp³-hybridized carbons (Fsp3) is 0.526. The van der Waals surface area contributed by atoms with E-state index in [9.17, 15) is 19.5 Å². The Labute approximate surface area is 172 Å². The van der Waals surface area contributed by atoms with Crippen molar-refractivity contribution in [2.24, 2.45) is 5.41 Å². The van der Waals surface area contributed by atoms with Gasteiger partial charge in [0.2, 0.25) is 5.91 Å². The highest BCUT2D eigenvalue weighted by Crippen LogP contribution is 2.47. The number of hydrogen-bond donors (Lipinski definition) is 2. The van der Waals surface area contributed by atoms with Gasteiger partial charge in [-0.05, 0) is 19.1 Å². The molecule has 0 aliphatic carbocycles. The standard InChI is InChI=1S/C19H24N2O7S/c1-18(17(24)25)9-21-15(23)19(28-4,16(21)29-10-18)20-14(22)8-11-12(26-2)6-5-7-13(11)27-3/h5-7,16H,8-10H2,1-4H3,(H,20,22)(H,24,25)/t16-,18?,19?/m1/s1. The maximum absolute atomic E-state index is 12.8. The third kappa shape index (κ3) is 3.40. The van der Waals surface area contributed by atoms with Crippen molar-refractivity contribution in [3.8, 4) is 11.5 Å². The molecule has 1 aromatic carbocycles. The first-order valence-corrected chi connectivity index (χ1v) is 9.99. The van der Waals surface area contributed by atoms with E-state index in [2.05, 4.69) is 5.32 Å². The molecule has 2 amide bonds. The lowest BCUT2D eigenvalue weighted by molar-refractivity contribution is -0.200. The van der Waals surface area contributed by atoms with Crippen molar-refractivity contribution in [1.29, 1.82) is 0 Å². The zero-order valence-corrected chi connectivity index (χ0v) is 17.5. The summed E-state index contributed by atoms with van der Waals surface area (Å²) in [6.45, 7) is 1.67. The van der Waals surface area contributed by atoms with Crippen LogP contribution in [0.15, 0.2) is 18.2 Å². The molecule has 2 saturated heterocycles. The van der Waals surface area contributed by atoms with Crippen molar-refractivity contribution >= 4 is 29.5 Å². The zero-order valence-electron chi connectivity index (χ0n) is 16.7. The Kier molecular flexibility index (Phi) is 5.68. The van der Waals surface area contributed by atoms with Crippen LogP contribution in [0.4, 0.5) is 0 Å². The molecule has 10 heteroatoms. The van der Waals surface area contributed by atoms with Crippen molar-refractivity contribution in [3.63, 3.8) is 0 Å². The Morgan fingerprint density at radius 2 is 1.90 bits per heavy atom. The van der Waals surface area contributed by atoms with Crippen LogP contribution in [-0.4, -0.2) is 72.5 Å². The number of fused-ring (bicyclic) bond motifs is 1. The molecular weight excluding hydrogens is 400 g/mol. The van der Waals surface area contributed by atoms with Crippen molar-refractivity contribution in [3.05, 3.63) is 23.8 Å². The predicted octanol–water partition coefficient (Wildman–Crippen LogP) is 0.711. The molecule has 2 aliphatic rings. The number of carbonyl (C=O) groups excluding carboxylic acids is 2. The summed E-state index contributed by atoms with van der Waals surface area (Å²) in [7, 11) is 4.35. The molecule has 2 unspecified atom stereocenters. The van der Waals surface area contributed by atoms with E-state index in [1.165, 1.54) is 38.0 Å². The zero-order chi connectivity index (χ0) is 21.4. The van der Waals surface area contributed by atoms with Gasteiger partial charge in [0, 0.05) is 25.0 Å². The first-order valence-electron chi connectivity index (χ1n) is 8.94. The van der Waals surface area contributed by atoms with Crippen LogP contribution in [0.5, 0.6) is 11.5 Å². The number of methoxy groups -OCH3 is 3. The predicted molar refractivity (Wildman–Crippen MR) is 105 cm³/mol. The Morgan fingerprint density at radius 3 is 2.41 bits per heavy atom. The van der Waals surface area contributed by atoms with Gasteiger partial charge in [0.25, 0.3) is 11.6 Å². The minimum atomic E-state index is -1.52. The summed E-state index contributed by atoms with van der Waals surface area (Å²) in [5.41, 5.74) is -2.00. The second-order valence-corrected chi connectivity index (χ2v) is 8.34. The van der Waals surface area contributed by atoms with Gasteiger partial charge in [-0.1, -0.05) is 6.07 Å². The van der Waals surface area contributed by atoms with Crippen LogP contribution in [0, 0.1) is 5.41 Å². The number of ether oxygens (including phenoxy) is 3. The average Bonchev–Trinajstić information content (AvgIpc) is 2.71. The van der Waals surface area contributed by atoms with Gasteiger partial charge in [0.05, 0.1) is 26.1 Å². The van der Waals surface area contributed by atoms with Crippen LogP contribution < -0.4 is 14.8 Å². The van der Waals surface area contributed by atoms with E-state index in [1.54, 1.807) is 25.1 Å². The van der Waals surface area contributed by atoms with Gasteiger partial charge >= 0.3 is 5.97 Å². The first kappa shape index (κ1) is 21.3. The summed E-state index contributed by atoms with van der Waals surface area (Å²) in [5.74, 6) is -0.551. The van der Waals surface area contributed by atoms with Crippen LogP contribution in [0.3, 0.4) is 0 Å². The number of benzene rings is 1. The smallest absolute Gasteiger partial charge is 0.312 e. The molecule has 1 aromatic rings. The Bertz CT molecular complexity index is 826. The molecule has 2 N–H and O–H groups in total. The van der Waals surface area contributed by atoms with Gasteiger partial charge in [0.1, 0.15) is 16.9 Å². The van der Waals surface area contributed by atoms with E-state index < -0.39 is 34.3 Å². The highest BCUT2D eigenvalue weighted by Gasteiger charge is 2.66. The molecule has 2 heterocycles. The van der Waals surface area contributed by atoms with E-state index in [0.717, 1.165) is 0 Å². The molecule has 0 bridgehead atoms. The highest BCUT2D eigenvalue weighted by molar-refractivity contribution is 8.00. The molecule has 158 valence electrons. The summed E-state index contributed by atoms with van der Waals surface area (Å²) in [6, 6.07) is 5.19. The van der Waals surface area contributed by atoms with E-state index in [0.29, 0.717) is 22.8 Å². The van der Waals surface area contributed by atoms with Gasteiger partial charge in [0.15, 0.2) is 0 Å². The van der Waals surface area contributed by atoms with Gasteiger partial charge in [-0.2, -0.15) is 0 Å². The van der Waals surface area contributed by atoms with Crippen LogP contribution in [0.1, 0.15) is 12.5 Å². The summed E-state index contributed by atoms with van der Waals surface area (Å²) >= 11 is 1.28. The normalized spacial score (nSPS) is 28.2. The number of β-lactam (4-membered cyclic amide) rings is 1. The second kappa shape index (κ2) is 7.75. The number of nitrogens with one attached hydrogen (secondary N) is 1. The SMILES string of the molecule is COc1cccc(OC)c1CC(=O)NC1(OC)C(=O)N2CC(C)(C(=O)O)CS[C@@H]21. The first-order chi connectivity index (χ1) is 13.7. The molecular formula is C19H24N2O7S. The molecule has 0 radical (unpaired) electrons. The Balaban J connectivity index is 1.77. The highest BCUT2D eigenvalue weighted by atomic mass is 32.2. The van der Waals surface area contributed by atoms with Crippen LogP contribution in [0.25, 0.3) is 0 Å². The van der Waals surface area contributed by atoms with E-state index >= 15 is 0 Å². The fourth-order valence-electron chi connectivity index (χ4n) is 3.62. The van der Waals surface area contributed by atoms with Gasteiger partial charge < -0.3 is 29.5 Å². The number of carboxylic acids is 1. The minimum absolute atomic E-state index is 0.0696. The van der Waals surface area contributed by atoms with E-state index in [-0.39, 0.29) is 13.0 Å². The molecule has 3 rings (SSSR count). The van der Waals surface area contributed by atoms with Crippen molar-refractivity contribution in [2.45, 2.75) is 24.4 Å². The van der Waals surface area contributed by atoms with Crippen LogP contribution in [0.2, 0.25) is 0 Å². The molecule has 2 aliphatic heterocycles. The number of carbonyl (C=O) groups is 3. The number of carboxylic acid groups (broad SMARTS) is 1. The maximum atomic E-state index is 12.8. The third-order valence-electron chi connectivity index (χ3n) is 5.32. The van der Waals surface area contributed by atoms with E-state index in [1.807, 2.05) is 0 Å². The van der Waals surface area contributed by atoms with Gasteiger partial charge in [-0.15, -0.1) is 11.8 Å². The monoisotopic (exact) mass is 424 g/mol. The number of rotatable bonds is 7. The maximum Gasteiger partial charge on any atom is 0.312 e. The van der Waals surface area contributed by atoms with Gasteiger partial charge in [-0.3, -0.25) is 14.4 Å². The number of amides is 2. The quantitative estimate of drug-likeness (QED) is 0.486. The van der Waals surface area contributed by atoms with Crippen molar-refractivity contribution in [1.82, 2.24) is 10.2 Å². The lowest BCUT2D eigenvalue weighted by atomic mass is 9.88. The van der Waals surface area contributed by atoms with Gasteiger partial charge in [-0.25, -0.2) is 0 Å². The number of thioether (sulfide) groups is 1. The molecule has 9 nitrogen and oxygen atoms in total. The number of nitrogens with zero attached hydrogens (tertiary/aromatic N) is 1. The summed E-state index contributed by atoms with van der Waals surface area (Å²) in [6.07, 6.45) is -0.0736. The summed E-state index contributed by atoms with van der Waals surface area (Å²) < 4.78 is 16.1. The molecule has 0 spiro atoms. The fourth-order valence-corrected chi connectivity index (χ4v) is 5.20. The van der Waals surface area contributed by atoms with Crippen LogP contribution in [-0.2, 0) is 25.5 Å². The van der Waals surface area contributed by atoms with Crippen molar-refractivity contribution < 1.29 is 33.7 Å². The summed E-state index contributed by atoms with van der Waals surface area (Å²) in [4.78, 5) is 38.6. The lowest BCUT2D eigenvalue weighted by Gasteiger charge is -2.58. The topological polar surface area (TPSA) is 114 Å². The summed E-state index contributed by atoms with van der Waals surface area (Å²) in [5, 5.41) is 11.6.